The van der Waals surface area contributed by atoms with E-state index in [1.807, 2.05) is 19.0 Å². The van der Waals surface area contributed by atoms with Crippen molar-refractivity contribution in [3.8, 4) is 5.75 Å². The zero-order chi connectivity index (χ0) is 14.5. The van der Waals surface area contributed by atoms with E-state index in [0.29, 0.717) is 18.2 Å². The molecular formula is C15H23N3O2. The summed E-state index contributed by atoms with van der Waals surface area (Å²) in [7, 11) is 4.01. The molecule has 110 valence electrons. The molecule has 1 N–H and O–H groups in total. The Balaban J connectivity index is 2.14. The van der Waals surface area contributed by atoms with Gasteiger partial charge in [-0.05, 0) is 33.0 Å². The van der Waals surface area contributed by atoms with Crippen LogP contribution in [-0.2, 0) is 0 Å². The first-order valence-electron chi connectivity index (χ1n) is 7.17. The molecule has 0 atom stereocenters. The summed E-state index contributed by atoms with van der Waals surface area (Å²) in [5.41, 5.74) is 0.468. The Morgan fingerprint density at radius 3 is 2.60 bits per heavy atom. The fraction of sp³-hybridized carbons (Fsp3) is 0.600. The Morgan fingerprint density at radius 1 is 1.30 bits per heavy atom. The molecule has 1 saturated carbocycles. The first-order valence-corrected chi connectivity index (χ1v) is 7.17. The molecule has 0 aromatic carbocycles. The number of carbonyl (C=O) groups is 1. The highest BCUT2D eigenvalue weighted by atomic mass is 16.3. The Labute approximate surface area is 120 Å². The van der Waals surface area contributed by atoms with Gasteiger partial charge in [0.2, 0.25) is 0 Å². The lowest BCUT2D eigenvalue weighted by atomic mass is 10.1. The lowest BCUT2D eigenvalue weighted by Crippen LogP contribution is -2.42. The molecule has 5 heteroatoms. The molecule has 1 fully saturated rings. The van der Waals surface area contributed by atoms with Crippen LogP contribution < -0.4 is 0 Å². The van der Waals surface area contributed by atoms with Crippen molar-refractivity contribution >= 4 is 5.91 Å². The van der Waals surface area contributed by atoms with E-state index in [-0.39, 0.29) is 11.7 Å². The summed E-state index contributed by atoms with van der Waals surface area (Å²) in [6.45, 7) is 1.56. The van der Waals surface area contributed by atoms with Gasteiger partial charge in [0.25, 0.3) is 5.91 Å². The number of aromatic hydroxyl groups is 1. The summed E-state index contributed by atoms with van der Waals surface area (Å²) >= 11 is 0. The van der Waals surface area contributed by atoms with Gasteiger partial charge in [0.1, 0.15) is 5.75 Å². The quantitative estimate of drug-likeness (QED) is 0.890. The first kappa shape index (κ1) is 14.8. The van der Waals surface area contributed by atoms with Crippen molar-refractivity contribution in [2.75, 3.05) is 27.2 Å². The average Bonchev–Trinajstić information content (AvgIpc) is 2.92. The van der Waals surface area contributed by atoms with E-state index in [0.717, 1.165) is 19.4 Å². The number of hydrogen-bond donors (Lipinski definition) is 1. The topological polar surface area (TPSA) is 56.7 Å². The lowest BCUT2D eigenvalue weighted by molar-refractivity contribution is 0.0667. The minimum absolute atomic E-state index is 0.0258. The van der Waals surface area contributed by atoms with Crippen LogP contribution in [-0.4, -0.2) is 59.0 Å². The van der Waals surface area contributed by atoms with Crippen LogP contribution in [0, 0.1) is 0 Å². The van der Waals surface area contributed by atoms with Crippen LogP contribution >= 0.6 is 0 Å². The Kier molecular flexibility index (Phi) is 4.95. The highest BCUT2D eigenvalue weighted by Gasteiger charge is 2.27. The van der Waals surface area contributed by atoms with E-state index in [1.165, 1.54) is 31.3 Å². The molecule has 20 heavy (non-hydrogen) atoms. The van der Waals surface area contributed by atoms with Gasteiger partial charge in [0.05, 0.1) is 11.8 Å². The standard InChI is InChI=1S/C15H23N3O2/c1-17(2)7-8-18(13-5-3-4-6-13)15(20)12-9-14(19)11-16-10-12/h9-11,13,19H,3-8H2,1-2H3. The molecule has 0 radical (unpaired) electrons. The van der Waals surface area contributed by atoms with Crippen LogP contribution in [0.2, 0.25) is 0 Å². The Bertz CT molecular complexity index is 456. The molecule has 1 heterocycles. The number of carbonyl (C=O) groups excluding carboxylic acids is 1. The summed E-state index contributed by atoms with van der Waals surface area (Å²) in [4.78, 5) is 20.6. The lowest BCUT2D eigenvalue weighted by Gasteiger charge is -2.30. The van der Waals surface area contributed by atoms with Crippen LogP contribution in [0.5, 0.6) is 5.75 Å². The molecule has 1 aliphatic carbocycles. The number of aromatic nitrogens is 1. The highest BCUT2D eigenvalue weighted by molar-refractivity contribution is 5.94. The number of likely N-dealkylation sites (N-methyl/N-ethyl adjacent to an activating group) is 1. The molecule has 5 nitrogen and oxygen atoms in total. The van der Waals surface area contributed by atoms with Crippen LogP contribution in [0.1, 0.15) is 36.0 Å². The van der Waals surface area contributed by atoms with Crippen LogP contribution in [0.3, 0.4) is 0 Å². The van der Waals surface area contributed by atoms with E-state index < -0.39 is 0 Å². The summed E-state index contributed by atoms with van der Waals surface area (Å²) in [6.07, 6.45) is 7.40. The SMILES string of the molecule is CN(C)CCN(C(=O)c1cncc(O)c1)C1CCCC1. The maximum absolute atomic E-state index is 12.7. The number of hydrogen-bond acceptors (Lipinski definition) is 4. The van der Waals surface area contributed by atoms with E-state index in [1.54, 1.807) is 0 Å². The zero-order valence-corrected chi connectivity index (χ0v) is 12.2. The molecule has 0 saturated heterocycles. The van der Waals surface area contributed by atoms with Crippen LogP contribution in [0.15, 0.2) is 18.5 Å². The molecule has 0 spiro atoms. The summed E-state index contributed by atoms with van der Waals surface area (Å²) in [5.74, 6) is 0.0111. The summed E-state index contributed by atoms with van der Waals surface area (Å²) in [6, 6.07) is 1.82. The van der Waals surface area contributed by atoms with Crippen LogP contribution in [0.4, 0.5) is 0 Å². The minimum atomic E-state index is -0.0258. The van der Waals surface area contributed by atoms with E-state index in [2.05, 4.69) is 9.88 Å². The fourth-order valence-corrected chi connectivity index (χ4v) is 2.68. The van der Waals surface area contributed by atoms with Crippen molar-refractivity contribution in [3.05, 3.63) is 24.0 Å². The Hall–Kier alpha value is -1.62. The van der Waals surface area contributed by atoms with Gasteiger partial charge >= 0.3 is 0 Å². The van der Waals surface area contributed by atoms with E-state index >= 15 is 0 Å². The smallest absolute Gasteiger partial charge is 0.255 e. The second-order valence-electron chi connectivity index (χ2n) is 5.67. The van der Waals surface area contributed by atoms with E-state index in [4.69, 9.17) is 0 Å². The van der Waals surface area contributed by atoms with Gasteiger partial charge < -0.3 is 14.9 Å². The number of amides is 1. The molecule has 2 rings (SSSR count). The predicted octanol–water partition coefficient (Wildman–Crippen LogP) is 1.73. The third-order valence-electron chi connectivity index (χ3n) is 3.79. The van der Waals surface area contributed by atoms with Gasteiger partial charge in [-0.2, -0.15) is 0 Å². The third kappa shape index (κ3) is 3.70. The van der Waals surface area contributed by atoms with Gasteiger partial charge in [0, 0.05) is 25.3 Å². The van der Waals surface area contributed by atoms with Crippen molar-refractivity contribution in [2.45, 2.75) is 31.7 Å². The van der Waals surface area contributed by atoms with Crippen LogP contribution in [0.25, 0.3) is 0 Å². The molecule has 0 unspecified atom stereocenters. The normalized spacial score (nSPS) is 15.8. The molecule has 1 amide bonds. The molecule has 0 bridgehead atoms. The molecule has 0 aliphatic heterocycles. The number of pyridine rings is 1. The maximum atomic E-state index is 12.7. The largest absolute Gasteiger partial charge is 0.506 e. The Morgan fingerprint density at radius 2 is 2.00 bits per heavy atom. The number of rotatable bonds is 5. The maximum Gasteiger partial charge on any atom is 0.255 e. The summed E-state index contributed by atoms with van der Waals surface area (Å²) in [5, 5.41) is 9.49. The predicted molar refractivity (Wildman–Crippen MR) is 77.7 cm³/mol. The summed E-state index contributed by atoms with van der Waals surface area (Å²) < 4.78 is 0. The van der Waals surface area contributed by atoms with Gasteiger partial charge in [-0.25, -0.2) is 0 Å². The monoisotopic (exact) mass is 277 g/mol. The van der Waals surface area contributed by atoms with Gasteiger partial charge in [-0.15, -0.1) is 0 Å². The molecule has 1 aromatic rings. The second kappa shape index (κ2) is 6.70. The van der Waals surface area contributed by atoms with Crippen molar-refractivity contribution in [1.82, 2.24) is 14.8 Å². The fourth-order valence-electron chi connectivity index (χ4n) is 2.68. The molecule has 1 aliphatic rings. The second-order valence-corrected chi connectivity index (χ2v) is 5.67. The third-order valence-corrected chi connectivity index (χ3v) is 3.79. The van der Waals surface area contributed by atoms with Gasteiger partial charge in [-0.3, -0.25) is 9.78 Å². The van der Waals surface area contributed by atoms with Crippen molar-refractivity contribution in [1.29, 1.82) is 0 Å². The minimum Gasteiger partial charge on any atom is -0.506 e. The van der Waals surface area contributed by atoms with Crippen molar-refractivity contribution < 1.29 is 9.90 Å². The van der Waals surface area contributed by atoms with Crippen molar-refractivity contribution in [3.63, 3.8) is 0 Å². The molecular weight excluding hydrogens is 254 g/mol. The van der Waals surface area contributed by atoms with E-state index in [9.17, 15) is 9.90 Å². The van der Waals surface area contributed by atoms with Gasteiger partial charge in [-0.1, -0.05) is 12.8 Å². The average molecular weight is 277 g/mol. The first-order chi connectivity index (χ1) is 9.58. The molecule has 1 aromatic heterocycles. The number of nitrogens with zero attached hydrogens (tertiary/aromatic N) is 3. The zero-order valence-electron chi connectivity index (χ0n) is 12.2. The van der Waals surface area contributed by atoms with Gasteiger partial charge in [0.15, 0.2) is 0 Å². The van der Waals surface area contributed by atoms with Crippen molar-refractivity contribution in [2.24, 2.45) is 0 Å². The highest BCUT2D eigenvalue weighted by Crippen LogP contribution is 2.25.